The Morgan fingerprint density at radius 2 is 1.62 bits per heavy atom. The van der Waals surface area contributed by atoms with Gasteiger partial charge in [-0.3, -0.25) is 9.59 Å². The van der Waals surface area contributed by atoms with Gasteiger partial charge in [0.05, 0.1) is 19.3 Å². The van der Waals surface area contributed by atoms with Gasteiger partial charge in [0.1, 0.15) is 5.75 Å². The normalized spacial score (nSPS) is 10.6. The van der Waals surface area contributed by atoms with Crippen LogP contribution >= 0.6 is 0 Å². The van der Waals surface area contributed by atoms with Crippen molar-refractivity contribution in [3.8, 4) is 16.9 Å². The Kier molecular flexibility index (Phi) is 8.46. The zero-order chi connectivity index (χ0) is 27.9. The zero-order valence-corrected chi connectivity index (χ0v) is 22.2. The van der Waals surface area contributed by atoms with Crippen molar-refractivity contribution in [3.63, 3.8) is 0 Å². The number of aryl methyl sites for hydroxylation is 2. The molecule has 0 fully saturated rings. The van der Waals surface area contributed by atoms with Crippen LogP contribution in [0.1, 0.15) is 28.7 Å². The van der Waals surface area contributed by atoms with E-state index in [1.807, 2.05) is 62.4 Å². The van der Waals surface area contributed by atoms with Crippen molar-refractivity contribution in [1.82, 2.24) is 4.57 Å². The highest BCUT2D eigenvalue weighted by atomic mass is 16.5. The molecule has 0 bridgehead atoms. The number of nitrogens with one attached hydrogen (secondary N) is 2. The van der Waals surface area contributed by atoms with Crippen molar-refractivity contribution < 1.29 is 19.4 Å². The van der Waals surface area contributed by atoms with E-state index in [1.54, 1.807) is 35.0 Å². The van der Waals surface area contributed by atoms with Gasteiger partial charge in [-0.25, -0.2) is 4.79 Å². The maximum Gasteiger partial charge on any atom is 0.323 e. The van der Waals surface area contributed by atoms with Crippen molar-refractivity contribution in [2.24, 2.45) is 0 Å². The van der Waals surface area contributed by atoms with Gasteiger partial charge in [0, 0.05) is 23.9 Å². The number of anilines is 2. The maximum atomic E-state index is 13.3. The SMILES string of the molecule is COc1cc(-c2cccn(Cc3ccc(CCC(=O)O)cc3)c2=O)ccc1NC(=O)Nc1cccc(C)c1C. The number of carboxylic acids is 1. The molecule has 3 aromatic carbocycles. The molecule has 0 atom stereocenters. The van der Waals surface area contributed by atoms with Crippen LogP contribution in [0.5, 0.6) is 5.75 Å². The van der Waals surface area contributed by atoms with Gasteiger partial charge in [-0.05, 0) is 78.4 Å². The summed E-state index contributed by atoms with van der Waals surface area (Å²) in [6, 6.07) is 21.7. The molecule has 4 aromatic rings. The van der Waals surface area contributed by atoms with E-state index in [1.165, 1.54) is 7.11 Å². The number of amides is 2. The van der Waals surface area contributed by atoms with Crippen LogP contribution < -0.4 is 20.9 Å². The minimum Gasteiger partial charge on any atom is -0.495 e. The molecule has 1 aromatic heterocycles. The topological polar surface area (TPSA) is 110 Å². The molecule has 1 heterocycles. The van der Waals surface area contributed by atoms with Gasteiger partial charge >= 0.3 is 12.0 Å². The number of aliphatic carboxylic acids is 1. The second-order valence-corrected chi connectivity index (χ2v) is 9.31. The van der Waals surface area contributed by atoms with Crippen LogP contribution in [0.4, 0.5) is 16.2 Å². The first-order valence-corrected chi connectivity index (χ1v) is 12.6. The highest BCUT2D eigenvalue weighted by Crippen LogP contribution is 2.30. The number of benzene rings is 3. The third-order valence-electron chi connectivity index (χ3n) is 6.64. The molecule has 0 radical (unpaired) electrons. The molecule has 39 heavy (non-hydrogen) atoms. The highest BCUT2D eigenvalue weighted by Gasteiger charge is 2.13. The van der Waals surface area contributed by atoms with Crippen LogP contribution in [0.15, 0.2) is 83.8 Å². The van der Waals surface area contributed by atoms with Crippen LogP contribution in [0.25, 0.3) is 11.1 Å². The molecule has 0 saturated carbocycles. The monoisotopic (exact) mass is 525 g/mol. The summed E-state index contributed by atoms with van der Waals surface area (Å²) in [6.45, 7) is 4.31. The van der Waals surface area contributed by atoms with Gasteiger partial charge in [0.15, 0.2) is 0 Å². The summed E-state index contributed by atoms with van der Waals surface area (Å²) in [4.78, 5) is 36.8. The summed E-state index contributed by atoms with van der Waals surface area (Å²) < 4.78 is 7.15. The van der Waals surface area contributed by atoms with Crippen LogP contribution in [-0.2, 0) is 17.8 Å². The zero-order valence-electron chi connectivity index (χ0n) is 22.2. The summed E-state index contributed by atoms with van der Waals surface area (Å²) in [5, 5.41) is 14.6. The molecule has 200 valence electrons. The molecule has 0 saturated heterocycles. The van der Waals surface area contributed by atoms with Crippen molar-refractivity contribution in [2.75, 3.05) is 17.7 Å². The molecule has 8 heteroatoms. The van der Waals surface area contributed by atoms with Crippen LogP contribution in [0.3, 0.4) is 0 Å². The summed E-state index contributed by atoms with van der Waals surface area (Å²) in [6.07, 6.45) is 2.27. The second kappa shape index (κ2) is 12.1. The van der Waals surface area contributed by atoms with Crippen molar-refractivity contribution in [2.45, 2.75) is 33.2 Å². The van der Waals surface area contributed by atoms with Crippen LogP contribution in [-0.4, -0.2) is 28.8 Å². The van der Waals surface area contributed by atoms with Crippen molar-refractivity contribution in [3.05, 3.63) is 112 Å². The number of nitrogens with zero attached hydrogens (tertiary/aromatic N) is 1. The number of methoxy groups -OCH3 is 1. The summed E-state index contributed by atoms with van der Waals surface area (Å²) in [5.74, 6) is -0.404. The van der Waals surface area contributed by atoms with Crippen molar-refractivity contribution >= 4 is 23.4 Å². The van der Waals surface area contributed by atoms with Crippen LogP contribution in [0.2, 0.25) is 0 Å². The van der Waals surface area contributed by atoms with E-state index < -0.39 is 12.0 Å². The van der Waals surface area contributed by atoms with Gasteiger partial charge in [-0.1, -0.05) is 42.5 Å². The fourth-order valence-electron chi connectivity index (χ4n) is 4.26. The van der Waals surface area contributed by atoms with Gasteiger partial charge in [0.25, 0.3) is 5.56 Å². The summed E-state index contributed by atoms with van der Waals surface area (Å²) in [7, 11) is 1.51. The molecule has 0 spiro atoms. The van der Waals surface area contributed by atoms with Gasteiger partial charge in [-0.15, -0.1) is 0 Å². The van der Waals surface area contributed by atoms with E-state index in [0.717, 1.165) is 27.9 Å². The molecule has 8 nitrogen and oxygen atoms in total. The predicted octanol–water partition coefficient (Wildman–Crippen LogP) is 5.85. The molecule has 0 aliphatic rings. The Labute approximate surface area is 226 Å². The Morgan fingerprint density at radius 1 is 0.897 bits per heavy atom. The first-order valence-electron chi connectivity index (χ1n) is 12.6. The van der Waals surface area contributed by atoms with Gasteiger partial charge < -0.3 is 25.0 Å². The first kappa shape index (κ1) is 27.2. The Bertz CT molecular complexity index is 1560. The maximum absolute atomic E-state index is 13.3. The fourth-order valence-corrected chi connectivity index (χ4v) is 4.26. The van der Waals surface area contributed by atoms with Crippen LogP contribution in [0, 0.1) is 13.8 Å². The second-order valence-electron chi connectivity index (χ2n) is 9.31. The molecule has 0 aliphatic carbocycles. The number of carbonyl (C=O) groups excluding carboxylic acids is 1. The summed E-state index contributed by atoms with van der Waals surface area (Å²) >= 11 is 0. The molecule has 0 unspecified atom stereocenters. The number of carbonyl (C=O) groups is 2. The smallest absolute Gasteiger partial charge is 0.323 e. The highest BCUT2D eigenvalue weighted by molar-refractivity contribution is 6.01. The first-order chi connectivity index (χ1) is 18.7. The standard InChI is InChI=1S/C31H31N3O5/c1-20-6-4-8-26(21(20)2)32-31(38)33-27-15-14-24(18-28(27)39-3)25-7-5-17-34(30(25)37)19-23-11-9-22(10-12-23)13-16-29(35)36/h4-12,14-15,17-18H,13,16,19H2,1-3H3,(H,35,36)(H2,32,33,38). The number of ether oxygens (including phenoxy) is 1. The average Bonchev–Trinajstić information content (AvgIpc) is 2.92. The van der Waals surface area contributed by atoms with Crippen molar-refractivity contribution in [1.29, 1.82) is 0 Å². The lowest BCUT2D eigenvalue weighted by Gasteiger charge is -2.15. The predicted molar refractivity (Wildman–Crippen MR) is 153 cm³/mol. The Balaban J connectivity index is 1.51. The molecule has 2 amide bonds. The number of urea groups is 1. The third-order valence-corrected chi connectivity index (χ3v) is 6.64. The van der Waals surface area contributed by atoms with E-state index >= 15 is 0 Å². The lowest BCUT2D eigenvalue weighted by Crippen LogP contribution is -2.22. The molecular weight excluding hydrogens is 494 g/mol. The molecule has 4 rings (SSSR count). The molecule has 0 aliphatic heterocycles. The molecule has 3 N–H and O–H groups in total. The minimum atomic E-state index is -0.830. The van der Waals surface area contributed by atoms with E-state index in [0.29, 0.717) is 35.5 Å². The Hall–Kier alpha value is -4.85. The van der Waals surface area contributed by atoms with Gasteiger partial charge in [0.2, 0.25) is 0 Å². The average molecular weight is 526 g/mol. The molecular formula is C31H31N3O5. The van der Waals surface area contributed by atoms with E-state index in [9.17, 15) is 14.4 Å². The Morgan fingerprint density at radius 3 is 2.33 bits per heavy atom. The lowest BCUT2D eigenvalue weighted by molar-refractivity contribution is -0.136. The fraction of sp³-hybridized carbons (Fsp3) is 0.194. The van der Waals surface area contributed by atoms with Gasteiger partial charge in [-0.2, -0.15) is 0 Å². The van der Waals surface area contributed by atoms with E-state index in [-0.39, 0.29) is 12.0 Å². The van der Waals surface area contributed by atoms with E-state index in [4.69, 9.17) is 9.84 Å². The lowest BCUT2D eigenvalue weighted by atomic mass is 10.1. The number of pyridine rings is 1. The number of rotatable bonds is 9. The largest absolute Gasteiger partial charge is 0.495 e. The number of hydrogen-bond donors (Lipinski definition) is 3. The number of aromatic nitrogens is 1. The van der Waals surface area contributed by atoms with E-state index in [2.05, 4.69) is 10.6 Å². The third kappa shape index (κ3) is 6.73. The quantitative estimate of drug-likeness (QED) is 0.254. The summed E-state index contributed by atoms with van der Waals surface area (Å²) in [5.41, 5.74) is 6.14. The minimum absolute atomic E-state index is 0.0791. The number of hydrogen-bond acceptors (Lipinski definition) is 4. The number of carboxylic acid groups (broad SMARTS) is 1.